The van der Waals surface area contributed by atoms with E-state index < -0.39 is 0 Å². The molecule has 0 aromatic heterocycles. The molecule has 0 bridgehead atoms. The molecular weight excluding hydrogens is 195 g/mol. The number of rotatable bonds is 4. The molecule has 16 heavy (non-hydrogen) atoms. The molecule has 0 radical (unpaired) electrons. The lowest BCUT2D eigenvalue weighted by molar-refractivity contribution is 0.322. The van der Waals surface area contributed by atoms with Gasteiger partial charge in [-0.1, -0.05) is 47.9 Å². The molecule has 0 amide bonds. The minimum atomic E-state index is 0.729. The minimum absolute atomic E-state index is 0.729. The van der Waals surface area contributed by atoms with Crippen molar-refractivity contribution in [3.8, 4) is 5.75 Å². The highest BCUT2D eigenvalue weighted by molar-refractivity contribution is 6.32. The quantitative estimate of drug-likeness (QED) is 0.696. The van der Waals surface area contributed by atoms with Gasteiger partial charge in [0.25, 0.3) is 0 Å². The zero-order valence-electron chi connectivity index (χ0n) is 9.52. The second kappa shape index (κ2) is 5.41. The summed E-state index contributed by atoms with van der Waals surface area (Å²) in [6.45, 7) is 0.729. The third-order valence-corrected chi connectivity index (χ3v) is 2.52. The van der Waals surface area contributed by atoms with E-state index in [1.165, 1.54) is 11.0 Å². The molecule has 0 aliphatic rings. The van der Waals surface area contributed by atoms with Gasteiger partial charge in [-0.2, -0.15) is 0 Å². The Morgan fingerprint density at radius 2 is 1.56 bits per heavy atom. The van der Waals surface area contributed by atoms with Crippen LogP contribution in [0.25, 0.3) is 0 Å². The van der Waals surface area contributed by atoms with Crippen LogP contribution in [0.15, 0.2) is 54.6 Å². The van der Waals surface area contributed by atoms with Gasteiger partial charge < -0.3 is 4.74 Å². The van der Waals surface area contributed by atoms with Crippen LogP contribution in [-0.2, 0) is 6.42 Å². The topological polar surface area (TPSA) is 9.23 Å². The van der Waals surface area contributed by atoms with Gasteiger partial charge >= 0.3 is 0 Å². The van der Waals surface area contributed by atoms with Crippen molar-refractivity contribution in [2.75, 3.05) is 6.61 Å². The summed E-state index contributed by atoms with van der Waals surface area (Å²) >= 11 is 0. The average Bonchev–Trinajstić information content (AvgIpc) is 2.33. The first-order valence-corrected chi connectivity index (χ1v) is 5.58. The monoisotopic (exact) mass is 210 g/mol. The molecule has 0 saturated carbocycles. The lowest BCUT2D eigenvalue weighted by Gasteiger charge is -2.06. The maximum atomic E-state index is 5.64. The van der Waals surface area contributed by atoms with Crippen molar-refractivity contribution in [3.05, 3.63) is 60.2 Å². The first kappa shape index (κ1) is 10.8. The van der Waals surface area contributed by atoms with Crippen LogP contribution in [0.3, 0.4) is 0 Å². The third kappa shape index (κ3) is 3.16. The van der Waals surface area contributed by atoms with Crippen LogP contribution in [0.4, 0.5) is 0 Å². The summed E-state index contributed by atoms with van der Waals surface area (Å²) in [5.74, 6) is 0.939. The lowest BCUT2D eigenvalue weighted by atomic mass is 9.95. The molecule has 0 saturated heterocycles. The van der Waals surface area contributed by atoms with Crippen molar-refractivity contribution in [1.82, 2.24) is 0 Å². The third-order valence-electron chi connectivity index (χ3n) is 2.52. The van der Waals surface area contributed by atoms with Crippen molar-refractivity contribution in [2.45, 2.75) is 6.42 Å². The van der Waals surface area contributed by atoms with Crippen molar-refractivity contribution in [2.24, 2.45) is 0 Å². The fourth-order valence-corrected chi connectivity index (χ4v) is 1.56. The number of hydrogen-bond donors (Lipinski definition) is 0. The van der Waals surface area contributed by atoms with Crippen LogP contribution in [0.5, 0.6) is 5.75 Å². The second-order valence-corrected chi connectivity index (χ2v) is 3.90. The van der Waals surface area contributed by atoms with E-state index in [0.29, 0.717) is 0 Å². The van der Waals surface area contributed by atoms with Crippen molar-refractivity contribution in [1.29, 1.82) is 0 Å². The summed E-state index contributed by atoms with van der Waals surface area (Å²) in [6.07, 6.45) is 0.954. The molecule has 0 atom stereocenters. The van der Waals surface area contributed by atoms with Crippen LogP contribution < -0.4 is 10.2 Å². The summed E-state index contributed by atoms with van der Waals surface area (Å²) in [5, 5.41) is 0. The average molecular weight is 210 g/mol. The highest BCUT2D eigenvalue weighted by atomic mass is 16.5. The predicted molar refractivity (Wildman–Crippen MR) is 70.3 cm³/mol. The molecule has 2 rings (SSSR count). The van der Waals surface area contributed by atoms with Gasteiger partial charge in [-0.25, -0.2) is 0 Å². The Hall–Kier alpha value is -1.70. The van der Waals surface area contributed by atoms with Crippen LogP contribution in [0, 0.1) is 0 Å². The molecule has 2 heteroatoms. The molecule has 0 spiro atoms. The van der Waals surface area contributed by atoms with Crippen LogP contribution in [0.2, 0.25) is 0 Å². The highest BCUT2D eigenvalue weighted by Crippen LogP contribution is 2.09. The molecular formula is C14H15BO. The van der Waals surface area contributed by atoms with E-state index in [0.717, 1.165) is 18.8 Å². The van der Waals surface area contributed by atoms with E-state index in [2.05, 4.69) is 32.1 Å². The Kier molecular flexibility index (Phi) is 3.65. The summed E-state index contributed by atoms with van der Waals surface area (Å²) < 4.78 is 5.64. The van der Waals surface area contributed by atoms with Crippen molar-refractivity contribution >= 4 is 13.3 Å². The van der Waals surface area contributed by atoms with Gasteiger partial charge in [0.05, 0.1) is 6.61 Å². The molecule has 0 aliphatic carbocycles. The molecule has 0 heterocycles. The molecule has 80 valence electrons. The summed E-state index contributed by atoms with van der Waals surface area (Å²) in [7, 11) is 2.10. The van der Waals surface area contributed by atoms with Gasteiger partial charge in [0.15, 0.2) is 0 Å². The number of hydrogen-bond acceptors (Lipinski definition) is 1. The van der Waals surface area contributed by atoms with Gasteiger partial charge in [-0.05, 0) is 17.7 Å². The number of para-hydroxylation sites is 1. The fourth-order valence-electron chi connectivity index (χ4n) is 1.56. The predicted octanol–water partition coefficient (Wildman–Crippen LogP) is 1.57. The Balaban J connectivity index is 1.82. The van der Waals surface area contributed by atoms with Crippen molar-refractivity contribution < 1.29 is 4.74 Å². The summed E-state index contributed by atoms with van der Waals surface area (Å²) in [5.41, 5.74) is 2.62. The van der Waals surface area contributed by atoms with Crippen LogP contribution in [0.1, 0.15) is 5.56 Å². The molecule has 0 unspecified atom stereocenters. The molecule has 0 aliphatic heterocycles. The van der Waals surface area contributed by atoms with Gasteiger partial charge in [0.2, 0.25) is 0 Å². The van der Waals surface area contributed by atoms with E-state index in [1.807, 2.05) is 30.3 Å². The van der Waals surface area contributed by atoms with Gasteiger partial charge in [0, 0.05) is 6.42 Å². The largest absolute Gasteiger partial charge is 0.493 e. The lowest BCUT2D eigenvalue weighted by Crippen LogP contribution is -2.04. The van der Waals surface area contributed by atoms with E-state index >= 15 is 0 Å². The normalized spacial score (nSPS) is 10.0. The van der Waals surface area contributed by atoms with E-state index in [9.17, 15) is 0 Å². The molecule has 2 aromatic carbocycles. The Morgan fingerprint density at radius 3 is 2.25 bits per heavy atom. The van der Waals surface area contributed by atoms with Gasteiger partial charge in [0.1, 0.15) is 13.6 Å². The summed E-state index contributed by atoms with van der Waals surface area (Å²) in [6, 6.07) is 18.5. The SMILES string of the molecule is Bc1ccc(CCOc2ccccc2)cc1. The van der Waals surface area contributed by atoms with Gasteiger partial charge in [-0.3, -0.25) is 0 Å². The van der Waals surface area contributed by atoms with Crippen molar-refractivity contribution in [3.63, 3.8) is 0 Å². The molecule has 2 aromatic rings. The summed E-state index contributed by atoms with van der Waals surface area (Å²) in [4.78, 5) is 0. The number of ether oxygens (including phenoxy) is 1. The molecule has 0 fully saturated rings. The smallest absolute Gasteiger partial charge is 0.139 e. The van der Waals surface area contributed by atoms with E-state index in [-0.39, 0.29) is 0 Å². The number of benzene rings is 2. The first-order valence-electron chi connectivity index (χ1n) is 5.58. The van der Waals surface area contributed by atoms with E-state index in [4.69, 9.17) is 4.74 Å². The first-order chi connectivity index (χ1) is 7.84. The maximum Gasteiger partial charge on any atom is 0.139 e. The Labute approximate surface area is 97.5 Å². The maximum absolute atomic E-state index is 5.64. The van der Waals surface area contributed by atoms with Crippen LogP contribution >= 0.6 is 0 Å². The Morgan fingerprint density at radius 1 is 0.875 bits per heavy atom. The minimum Gasteiger partial charge on any atom is -0.493 e. The fraction of sp³-hybridized carbons (Fsp3) is 0.143. The highest BCUT2D eigenvalue weighted by Gasteiger charge is 1.94. The Bertz CT molecular complexity index is 422. The second-order valence-electron chi connectivity index (χ2n) is 3.90. The van der Waals surface area contributed by atoms with Crippen LogP contribution in [-0.4, -0.2) is 14.5 Å². The van der Waals surface area contributed by atoms with Gasteiger partial charge in [-0.15, -0.1) is 0 Å². The molecule has 1 nitrogen and oxygen atoms in total. The zero-order chi connectivity index (χ0) is 11.2. The molecule has 0 N–H and O–H groups in total. The van der Waals surface area contributed by atoms with E-state index in [1.54, 1.807) is 0 Å². The standard InChI is InChI=1S/C14H15BO/c15-13-8-6-12(7-9-13)10-11-16-14-4-2-1-3-5-14/h1-9H,10-11,15H2. The zero-order valence-corrected chi connectivity index (χ0v) is 9.52.